The van der Waals surface area contributed by atoms with Gasteiger partial charge in [0.2, 0.25) is 5.56 Å². The number of carbonyl (C=O) groups excluding carboxylic acids is 2. The van der Waals surface area contributed by atoms with Crippen LogP contribution in [0.4, 0.5) is 26.4 Å². The zero-order chi connectivity index (χ0) is 27.1. The van der Waals surface area contributed by atoms with E-state index in [9.17, 15) is 18.8 Å². The van der Waals surface area contributed by atoms with Crippen molar-refractivity contribution in [3.8, 4) is 5.75 Å². The van der Waals surface area contributed by atoms with Crippen LogP contribution in [-0.4, -0.2) is 61.2 Å². The van der Waals surface area contributed by atoms with Crippen molar-refractivity contribution in [3.63, 3.8) is 0 Å². The Labute approximate surface area is 225 Å². The summed E-state index contributed by atoms with van der Waals surface area (Å²) in [4.78, 5) is 47.3. The van der Waals surface area contributed by atoms with E-state index in [2.05, 4.69) is 15.2 Å². The van der Waals surface area contributed by atoms with E-state index in [-0.39, 0.29) is 29.4 Å². The number of carbonyl (C=O) groups is 2. The summed E-state index contributed by atoms with van der Waals surface area (Å²) in [6.07, 6.45) is 2.77. The monoisotopic (exact) mass is 531 g/mol. The molecule has 39 heavy (non-hydrogen) atoms. The number of nitrogens with zero attached hydrogens (tertiary/aromatic N) is 3. The van der Waals surface area contributed by atoms with Crippen LogP contribution in [-0.2, 0) is 12.8 Å². The number of nitrogens with one attached hydrogen (secondary N) is 2. The van der Waals surface area contributed by atoms with E-state index in [0.717, 1.165) is 41.8 Å². The Morgan fingerprint density at radius 3 is 2.54 bits per heavy atom. The molecule has 3 aliphatic heterocycles. The van der Waals surface area contributed by atoms with Gasteiger partial charge in [-0.2, -0.15) is 0 Å². The molecule has 0 spiro atoms. The lowest BCUT2D eigenvalue weighted by molar-refractivity contribution is 0.0989. The maximum Gasteiger partial charge on any atom is 0.322 e. The van der Waals surface area contributed by atoms with Gasteiger partial charge in [-0.15, -0.1) is 0 Å². The van der Waals surface area contributed by atoms with E-state index in [4.69, 9.17) is 4.74 Å². The van der Waals surface area contributed by atoms with Crippen LogP contribution in [0.2, 0.25) is 0 Å². The molecule has 2 aromatic carbocycles. The van der Waals surface area contributed by atoms with Gasteiger partial charge in [-0.1, -0.05) is 0 Å². The molecular formula is C29H30FN5O4. The van der Waals surface area contributed by atoms with Gasteiger partial charge in [0.25, 0.3) is 5.91 Å². The Balaban J connectivity index is 1.14. The quantitative estimate of drug-likeness (QED) is 0.534. The predicted octanol–water partition coefficient (Wildman–Crippen LogP) is 3.78. The molecule has 0 aliphatic carbocycles. The molecule has 0 unspecified atom stereocenters. The molecule has 0 atom stereocenters. The number of pyridine rings is 1. The number of halogens is 1. The normalized spacial score (nSPS) is 17.4. The van der Waals surface area contributed by atoms with Crippen LogP contribution < -0.4 is 25.4 Å². The molecule has 1 saturated heterocycles. The summed E-state index contributed by atoms with van der Waals surface area (Å²) < 4.78 is 18.9. The molecule has 9 nitrogen and oxygen atoms in total. The zero-order valence-electron chi connectivity index (χ0n) is 21.7. The molecular weight excluding hydrogens is 501 g/mol. The van der Waals surface area contributed by atoms with Crippen molar-refractivity contribution < 1.29 is 18.7 Å². The Kier molecular flexibility index (Phi) is 6.46. The second kappa shape index (κ2) is 10.1. The van der Waals surface area contributed by atoms with Crippen molar-refractivity contribution in [1.29, 1.82) is 0 Å². The number of aromatic amines is 1. The molecule has 3 amide bonds. The second-order valence-electron chi connectivity index (χ2n) is 10.2. The Morgan fingerprint density at radius 2 is 1.74 bits per heavy atom. The van der Waals surface area contributed by atoms with Gasteiger partial charge in [0.05, 0.1) is 7.11 Å². The molecule has 1 aromatic heterocycles. The number of hydrogen-bond acceptors (Lipinski definition) is 5. The Bertz CT molecular complexity index is 1500. The van der Waals surface area contributed by atoms with E-state index in [0.29, 0.717) is 49.7 Å². The number of urea groups is 1. The van der Waals surface area contributed by atoms with Gasteiger partial charge < -0.3 is 29.7 Å². The van der Waals surface area contributed by atoms with Crippen LogP contribution >= 0.6 is 0 Å². The molecule has 4 heterocycles. The third-order valence-electron chi connectivity index (χ3n) is 7.94. The molecule has 3 aromatic rings. The highest BCUT2D eigenvalue weighted by molar-refractivity contribution is 6.07. The number of ether oxygens (including phenoxy) is 1. The molecule has 0 radical (unpaired) electrons. The lowest BCUT2D eigenvalue weighted by Crippen LogP contribution is -2.49. The highest BCUT2D eigenvalue weighted by Gasteiger charge is 2.31. The zero-order valence-corrected chi connectivity index (χ0v) is 21.7. The highest BCUT2D eigenvalue weighted by atomic mass is 19.1. The van der Waals surface area contributed by atoms with Crippen molar-refractivity contribution in [2.24, 2.45) is 0 Å². The van der Waals surface area contributed by atoms with Gasteiger partial charge >= 0.3 is 6.03 Å². The molecule has 202 valence electrons. The minimum Gasteiger partial charge on any atom is -0.497 e. The summed E-state index contributed by atoms with van der Waals surface area (Å²) in [5, 5.41) is 3.04. The van der Waals surface area contributed by atoms with Crippen molar-refractivity contribution in [2.45, 2.75) is 31.7 Å². The van der Waals surface area contributed by atoms with E-state index in [1.165, 1.54) is 18.2 Å². The lowest BCUT2D eigenvalue weighted by atomic mass is 10.0. The van der Waals surface area contributed by atoms with Crippen molar-refractivity contribution in [2.75, 3.05) is 48.4 Å². The number of anilines is 3. The van der Waals surface area contributed by atoms with Crippen LogP contribution in [0, 0.1) is 5.82 Å². The third-order valence-corrected chi connectivity index (χ3v) is 7.94. The van der Waals surface area contributed by atoms with Crippen LogP contribution in [0.1, 0.15) is 34.3 Å². The predicted molar refractivity (Wildman–Crippen MR) is 147 cm³/mol. The highest BCUT2D eigenvalue weighted by Crippen LogP contribution is 2.31. The van der Waals surface area contributed by atoms with Crippen molar-refractivity contribution in [3.05, 3.63) is 81.4 Å². The number of benzene rings is 2. The average molecular weight is 532 g/mol. The fourth-order valence-electron chi connectivity index (χ4n) is 5.88. The number of hydrogen-bond donors (Lipinski definition) is 2. The Hall–Kier alpha value is -4.34. The fourth-order valence-corrected chi connectivity index (χ4v) is 5.88. The van der Waals surface area contributed by atoms with Gasteiger partial charge in [0, 0.05) is 55.2 Å². The number of piperidine rings is 1. The summed E-state index contributed by atoms with van der Waals surface area (Å²) >= 11 is 0. The Morgan fingerprint density at radius 1 is 0.949 bits per heavy atom. The smallest absolute Gasteiger partial charge is 0.322 e. The molecule has 10 heteroatoms. The minimum absolute atomic E-state index is 0.0653. The molecule has 0 bridgehead atoms. The maximum atomic E-state index is 13.6. The van der Waals surface area contributed by atoms with Gasteiger partial charge in [-0.05, 0) is 79.3 Å². The molecule has 6 rings (SSSR count). The first kappa shape index (κ1) is 25.0. The van der Waals surface area contributed by atoms with Crippen LogP contribution in [0.25, 0.3) is 0 Å². The summed E-state index contributed by atoms with van der Waals surface area (Å²) in [5.74, 6) is 0.747. The lowest BCUT2D eigenvalue weighted by Gasteiger charge is -2.38. The van der Waals surface area contributed by atoms with E-state index in [1.807, 2.05) is 23.1 Å². The summed E-state index contributed by atoms with van der Waals surface area (Å²) in [7, 11) is 1.63. The number of methoxy groups -OCH3 is 1. The first-order valence-corrected chi connectivity index (χ1v) is 13.2. The van der Waals surface area contributed by atoms with E-state index in [1.54, 1.807) is 24.1 Å². The number of H-pyrrole nitrogens is 1. The first-order valence-electron chi connectivity index (χ1n) is 13.2. The number of aromatic nitrogens is 1. The average Bonchev–Trinajstić information content (AvgIpc) is 3.28. The van der Waals surface area contributed by atoms with Crippen molar-refractivity contribution in [1.82, 2.24) is 9.88 Å². The standard InChI is InChI=1S/C29H30FN5O4/c1-39-23-3-4-24-18(15-23)6-12-34(29(38)31-24)22-8-10-33(11-9-22)26-16-20(17-27(36)32-26)28(37)35-13-7-19-14-21(30)2-5-25(19)35/h2-5,14-17,22H,6-13H2,1H3,(H,31,38)(H,32,36). The maximum absolute atomic E-state index is 13.6. The van der Waals surface area contributed by atoms with Crippen LogP contribution in [0.3, 0.4) is 0 Å². The third kappa shape index (κ3) is 4.82. The second-order valence-corrected chi connectivity index (χ2v) is 10.2. The molecule has 0 saturated carbocycles. The number of fused-ring (bicyclic) bond motifs is 2. The number of rotatable bonds is 4. The fraction of sp³-hybridized carbons (Fsp3) is 0.345. The van der Waals surface area contributed by atoms with Gasteiger partial charge in [0.15, 0.2) is 0 Å². The summed E-state index contributed by atoms with van der Waals surface area (Å²) in [6.45, 7) is 2.32. The van der Waals surface area contributed by atoms with E-state index >= 15 is 0 Å². The van der Waals surface area contributed by atoms with Gasteiger partial charge in [-0.25, -0.2) is 9.18 Å². The van der Waals surface area contributed by atoms with Crippen molar-refractivity contribution >= 4 is 29.1 Å². The summed E-state index contributed by atoms with van der Waals surface area (Å²) in [6, 6.07) is 13.1. The molecule has 3 aliphatic rings. The van der Waals surface area contributed by atoms with Crippen LogP contribution in [0.15, 0.2) is 53.3 Å². The topological polar surface area (TPSA) is 98.0 Å². The molecule has 1 fully saturated rings. The largest absolute Gasteiger partial charge is 0.497 e. The minimum atomic E-state index is -0.350. The van der Waals surface area contributed by atoms with Gasteiger partial charge in [-0.3, -0.25) is 9.59 Å². The van der Waals surface area contributed by atoms with Gasteiger partial charge in [0.1, 0.15) is 17.4 Å². The van der Waals surface area contributed by atoms with E-state index < -0.39 is 0 Å². The summed E-state index contributed by atoms with van der Waals surface area (Å²) in [5.41, 5.74) is 3.28. The van der Waals surface area contributed by atoms with Crippen LogP contribution in [0.5, 0.6) is 5.75 Å². The first-order chi connectivity index (χ1) is 18.9. The molecule has 2 N–H and O–H groups in total. The number of amides is 3. The SMILES string of the molecule is COc1ccc2c(c1)CCN(C1CCN(c3cc(C(=O)N4CCc5cc(F)ccc54)cc(=O)[nH]3)CC1)C(=O)N2.